The molecule has 0 saturated carbocycles. The molecule has 0 bridgehead atoms. The van der Waals surface area contributed by atoms with Crippen molar-refractivity contribution in [3.8, 4) is 0 Å². The molecule has 0 unspecified atom stereocenters. The average molecular weight is 362 g/mol. The molecule has 0 atom stereocenters. The first-order valence-electron chi connectivity index (χ1n) is 6.15. The Morgan fingerprint density at radius 3 is 1.71 bits per heavy atom. The molecule has 0 aromatic carbocycles. The number of hydrogen-bond donors (Lipinski definition) is 0. The van der Waals surface area contributed by atoms with Crippen LogP contribution in [0.3, 0.4) is 0 Å². The Bertz CT molecular complexity index is 481. The molecule has 0 fully saturated rings. The normalized spacial score (nSPS) is 11.6. The minimum absolute atomic E-state index is 0.624. The van der Waals surface area contributed by atoms with E-state index in [1.165, 1.54) is 0 Å². The Labute approximate surface area is 133 Å². The zero-order chi connectivity index (χ0) is 19.0. The fourth-order valence-electron chi connectivity index (χ4n) is 1.63. The summed E-state index contributed by atoms with van der Waals surface area (Å²) in [4.78, 5) is 24.0. The number of alkyl halides is 2. The van der Waals surface area contributed by atoms with Gasteiger partial charge in [0.05, 0.1) is 0 Å². The van der Waals surface area contributed by atoms with Gasteiger partial charge < -0.3 is 18.9 Å². The molecule has 0 saturated heterocycles. The van der Waals surface area contributed by atoms with E-state index in [-0.39, 0.29) is 0 Å². The number of halogens is 5. The molecular weight excluding hydrogens is 347 g/mol. The highest BCUT2D eigenvalue weighted by atomic mass is 19.3. The van der Waals surface area contributed by atoms with E-state index in [9.17, 15) is 31.5 Å². The van der Waals surface area contributed by atoms with Crippen LogP contribution in [-0.2, 0) is 28.5 Å². The van der Waals surface area contributed by atoms with Gasteiger partial charge in [0.15, 0.2) is 13.6 Å². The number of rotatable bonds is 10. The Balaban J connectivity index is 6.28. The Morgan fingerprint density at radius 1 is 1.00 bits per heavy atom. The fourth-order valence-corrected chi connectivity index (χ4v) is 1.63. The first kappa shape index (κ1) is 22.0. The molecule has 0 aliphatic rings. The maximum atomic E-state index is 14.3. The molecule has 0 aliphatic heterocycles. The molecule has 0 radical (unpaired) electrons. The van der Waals surface area contributed by atoms with Crippen LogP contribution in [0.1, 0.15) is 6.42 Å². The number of methoxy groups -OCH3 is 2. The predicted octanol–water partition coefficient (Wildman–Crippen LogP) is 2.56. The molecule has 6 nitrogen and oxygen atoms in total. The Hall–Kier alpha value is -2.01. The minimum atomic E-state index is -5.28. The first-order valence-corrected chi connectivity index (χ1v) is 6.15. The van der Waals surface area contributed by atoms with Crippen molar-refractivity contribution in [2.75, 3.05) is 27.8 Å². The highest BCUT2D eigenvalue weighted by Crippen LogP contribution is 2.49. The first-order chi connectivity index (χ1) is 11.1. The second-order valence-corrected chi connectivity index (χ2v) is 4.22. The van der Waals surface area contributed by atoms with Crippen LogP contribution in [0, 0.1) is 5.41 Å². The van der Waals surface area contributed by atoms with Crippen LogP contribution >= 0.6 is 0 Å². The van der Waals surface area contributed by atoms with Gasteiger partial charge in [-0.2, -0.15) is 22.0 Å². The molecule has 138 valence electrons. The van der Waals surface area contributed by atoms with Gasteiger partial charge in [0.25, 0.3) is 0 Å². The molecule has 0 amide bonds. The monoisotopic (exact) mass is 362 g/mol. The summed E-state index contributed by atoms with van der Waals surface area (Å²) in [5, 5.41) is 0. The lowest BCUT2D eigenvalue weighted by Crippen LogP contribution is -2.55. The maximum absolute atomic E-state index is 14.3. The van der Waals surface area contributed by atoms with Crippen molar-refractivity contribution in [1.29, 1.82) is 0 Å². The van der Waals surface area contributed by atoms with Crippen LogP contribution in [-0.4, -0.2) is 45.7 Å². The molecule has 24 heavy (non-hydrogen) atoms. The van der Waals surface area contributed by atoms with Crippen molar-refractivity contribution >= 4 is 11.9 Å². The number of carbonyl (C=O) groups excluding carboxylic acids is 2. The largest absolute Gasteiger partial charge is 0.437 e. The van der Waals surface area contributed by atoms with E-state index in [2.05, 4.69) is 25.5 Å². The van der Waals surface area contributed by atoms with Gasteiger partial charge in [-0.1, -0.05) is 6.08 Å². The molecule has 0 aliphatic carbocycles. The molecule has 11 heteroatoms. The lowest BCUT2D eigenvalue weighted by atomic mass is 9.77. The zero-order valence-corrected chi connectivity index (χ0v) is 12.7. The van der Waals surface area contributed by atoms with Crippen LogP contribution < -0.4 is 0 Å². The highest BCUT2D eigenvalue weighted by molar-refractivity contribution is 6.02. The van der Waals surface area contributed by atoms with Crippen molar-refractivity contribution in [3.05, 3.63) is 24.6 Å². The van der Waals surface area contributed by atoms with Crippen molar-refractivity contribution < 1.29 is 50.5 Å². The number of allylic oxidation sites excluding steroid dienone is 2. The third-order valence-electron chi connectivity index (χ3n) is 2.74. The summed E-state index contributed by atoms with van der Waals surface area (Å²) in [5.74, 6) is -12.6. The average Bonchev–Trinajstić information content (AvgIpc) is 2.53. The van der Waals surface area contributed by atoms with Gasteiger partial charge in [0.1, 0.15) is 0 Å². The zero-order valence-electron chi connectivity index (χ0n) is 12.7. The van der Waals surface area contributed by atoms with Crippen molar-refractivity contribution in [3.63, 3.8) is 0 Å². The minimum Gasteiger partial charge on any atom is -0.437 e. The summed E-state index contributed by atoms with van der Waals surface area (Å²) in [6.45, 7) is 1.26. The van der Waals surface area contributed by atoms with E-state index in [0.29, 0.717) is 6.08 Å². The van der Waals surface area contributed by atoms with E-state index in [1.54, 1.807) is 0 Å². The molecule has 0 aromatic rings. The smallest absolute Gasteiger partial charge is 0.332 e. The SMILES string of the molecule is C=CCC(C(=O)OCOC)(C(=O)OCOC)C(F)(F)C(F)=C(F)F. The highest BCUT2D eigenvalue weighted by Gasteiger charge is 2.69. The predicted molar refractivity (Wildman–Crippen MR) is 68.5 cm³/mol. The van der Waals surface area contributed by atoms with E-state index < -0.39 is 55.2 Å². The van der Waals surface area contributed by atoms with Gasteiger partial charge in [-0.3, -0.25) is 9.59 Å². The molecule has 0 heterocycles. The maximum Gasteiger partial charge on any atom is 0.332 e. The molecule has 0 spiro atoms. The molecule has 0 aromatic heterocycles. The van der Waals surface area contributed by atoms with Gasteiger partial charge in [0.2, 0.25) is 11.2 Å². The van der Waals surface area contributed by atoms with E-state index in [1.807, 2.05) is 0 Å². The summed E-state index contributed by atoms with van der Waals surface area (Å²) in [7, 11) is 2.04. The molecule has 0 rings (SSSR count). The van der Waals surface area contributed by atoms with Crippen molar-refractivity contribution in [1.82, 2.24) is 0 Å². The Kier molecular flexibility index (Phi) is 8.54. The lowest BCUT2D eigenvalue weighted by molar-refractivity contribution is -0.208. The number of carbonyl (C=O) groups is 2. The van der Waals surface area contributed by atoms with Crippen molar-refractivity contribution in [2.24, 2.45) is 5.41 Å². The van der Waals surface area contributed by atoms with E-state index >= 15 is 0 Å². The summed E-state index contributed by atoms with van der Waals surface area (Å²) in [5.41, 5.74) is -3.78. The topological polar surface area (TPSA) is 71.1 Å². The lowest BCUT2D eigenvalue weighted by Gasteiger charge is -2.33. The van der Waals surface area contributed by atoms with Crippen LogP contribution in [0.4, 0.5) is 22.0 Å². The van der Waals surface area contributed by atoms with Gasteiger partial charge in [-0.05, 0) is 6.42 Å². The third-order valence-corrected chi connectivity index (χ3v) is 2.74. The number of hydrogen-bond acceptors (Lipinski definition) is 6. The summed E-state index contributed by atoms with van der Waals surface area (Å²) in [6, 6.07) is 0. The standard InChI is InChI=1S/C13H15F5O6/c1-4-5-12(10(19)23-6-21-2,11(20)24-7-22-3)13(17,18)8(14)9(15)16/h4H,1,5-7H2,2-3H3. The van der Waals surface area contributed by atoms with Crippen LogP contribution in [0.15, 0.2) is 24.6 Å². The van der Waals surface area contributed by atoms with Gasteiger partial charge in [0, 0.05) is 14.2 Å². The van der Waals surface area contributed by atoms with E-state index in [0.717, 1.165) is 14.2 Å². The summed E-state index contributed by atoms with van der Waals surface area (Å²) < 4.78 is 83.8. The molecular formula is C13H15F5O6. The van der Waals surface area contributed by atoms with E-state index in [4.69, 9.17) is 0 Å². The van der Waals surface area contributed by atoms with Crippen LogP contribution in [0.5, 0.6) is 0 Å². The second kappa shape index (κ2) is 9.33. The van der Waals surface area contributed by atoms with Crippen molar-refractivity contribution in [2.45, 2.75) is 12.3 Å². The van der Waals surface area contributed by atoms with Gasteiger partial charge in [-0.15, -0.1) is 6.58 Å². The van der Waals surface area contributed by atoms with Gasteiger partial charge in [-0.25, -0.2) is 0 Å². The second-order valence-electron chi connectivity index (χ2n) is 4.22. The van der Waals surface area contributed by atoms with Gasteiger partial charge >= 0.3 is 23.9 Å². The molecule has 0 N–H and O–H groups in total. The Morgan fingerprint density at radius 2 is 1.42 bits per heavy atom. The van der Waals surface area contributed by atoms with Crippen LogP contribution in [0.2, 0.25) is 0 Å². The third kappa shape index (κ3) is 4.29. The quantitative estimate of drug-likeness (QED) is 0.196. The number of esters is 2. The fraction of sp³-hybridized carbons (Fsp3) is 0.538. The summed E-state index contributed by atoms with van der Waals surface area (Å²) in [6.07, 6.45) is -4.04. The number of ether oxygens (including phenoxy) is 4. The summed E-state index contributed by atoms with van der Waals surface area (Å²) >= 11 is 0. The van der Waals surface area contributed by atoms with Crippen LogP contribution in [0.25, 0.3) is 0 Å².